The third kappa shape index (κ3) is 3.31. The highest BCUT2D eigenvalue weighted by atomic mass is 19.1. The standard InChI is InChI=1S/C20H20FN7O/c1-11-18(14-5-7-15(21)8-6-14)27(4)26-20(11)24-16-9-17(23-10-22-16)28-13(3)19(29)12(2)25-28/h5-10,29H,1-4H3,(H,22,23,24,26). The van der Waals surface area contributed by atoms with Crippen molar-refractivity contribution in [2.45, 2.75) is 20.8 Å². The monoisotopic (exact) mass is 393 g/mol. The molecule has 9 heteroatoms. The van der Waals surface area contributed by atoms with Gasteiger partial charge in [-0.25, -0.2) is 19.0 Å². The fraction of sp³-hybridized carbons (Fsp3) is 0.200. The van der Waals surface area contributed by atoms with Crippen molar-refractivity contribution in [3.63, 3.8) is 0 Å². The first-order valence-electron chi connectivity index (χ1n) is 8.99. The lowest BCUT2D eigenvalue weighted by Gasteiger charge is -2.07. The van der Waals surface area contributed by atoms with Gasteiger partial charge in [-0.3, -0.25) is 4.68 Å². The predicted molar refractivity (Wildman–Crippen MR) is 107 cm³/mol. The minimum Gasteiger partial charge on any atom is -0.504 e. The number of aromatic nitrogens is 6. The van der Waals surface area contributed by atoms with Crippen LogP contribution >= 0.6 is 0 Å². The van der Waals surface area contributed by atoms with Gasteiger partial charge >= 0.3 is 0 Å². The zero-order valence-electron chi connectivity index (χ0n) is 16.5. The Hall–Kier alpha value is -3.75. The van der Waals surface area contributed by atoms with Gasteiger partial charge in [0.05, 0.1) is 11.4 Å². The van der Waals surface area contributed by atoms with Gasteiger partial charge in [0.1, 0.15) is 23.7 Å². The molecule has 3 aromatic heterocycles. The average molecular weight is 393 g/mol. The number of rotatable bonds is 4. The lowest BCUT2D eigenvalue weighted by Crippen LogP contribution is -2.04. The molecule has 0 atom stereocenters. The fourth-order valence-electron chi connectivity index (χ4n) is 3.27. The van der Waals surface area contributed by atoms with Crippen molar-refractivity contribution >= 4 is 11.6 Å². The van der Waals surface area contributed by atoms with Crippen LogP contribution in [-0.4, -0.2) is 34.6 Å². The molecule has 0 spiro atoms. The molecule has 4 rings (SSSR count). The summed E-state index contributed by atoms with van der Waals surface area (Å²) in [6.07, 6.45) is 1.42. The summed E-state index contributed by atoms with van der Waals surface area (Å²) >= 11 is 0. The zero-order chi connectivity index (χ0) is 20.7. The molecular weight excluding hydrogens is 373 g/mol. The van der Waals surface area contributed by atoms with Crippen LogP contribution in [0.4, 0.5) is 16.0 Å². The molecule has 0 fully saturated rings. The van der Waals surface area contributed by atoms with Gasteiger partial charge < -0.3 is 10.4 Å². The van der Waals surface area contributed by atoms with E-state index in [1.54, 1.807) is 41.4 Å². The van der Waals surface area contributed by atoms with Gasteiger partial charge in [-0.15, -0.1) is 0 Å². The molecule has 0 aliphatic heterocycles. The molecule has 3 heterocycles. The maximum Gasteiger partial charge on any atom is 0.160 e. The molecule has 0 aliphatic rings. The summed E-state index contributed by atoms with van der Waals surface area (Å²) < 4.78 is 16.6. The third-order valence-corrected chi connectivity index (χ3v) is 4.77. The molecule has 2 N–H and O–H groups in total. The van der Waals surface area contributed by atoms with Gasteiger partial charge in [-0.05, 0) is 45.0 Å². The Kier molecular flexibility index (Phi) is 4.50. The van der Waals surface area contributed by atoms with Crippen molar-refractivity contribution in [3.05, 3.63) is 59.4 Å². The summed E-state index contributed by atoms with van der Waals surface area (Å²) in [6, 6.07) is 8.03. The molecule has 0 amide bonds. The van der Waals surface area contributed by atoms with Gasteiger partial charge in [0.25, 0.3) is 0 Å². The van der Waals surface area contributed by atoms with E-state index in [1.807, 2.05) is 14.0 Å². The van der Waals surface area contributed by atoms with E-state index in [4.69, 9.17) is 0 Å². The molecule has 0 aliphatic carbocycles. The van der Waals surface area contributed by atoms with Gasteiger partial charge in [0, 0.05) is 24.2 Å². The predicted octanol–water partition coefficient (Wildman–Crippen LogP) is 3.58. The number of aromatic hydroxyl groups is 1. The van der Waals surface area contributed by atoms with E-state index in [-0.39, 0.29) is 11.6 Å². The number of halogens is 1. The first-order valence-corrected chi connectivity index (χ1v) is 8.99. The molecule has 148 valence electrons. The van der Waals surface area contributed by atoms with Crippen molar-refractivity contribution in [2.75, 3.05) is 5.32 Å². The SMILES string of the molecule is Cc1nn(-c2cc(Nc3nn(C)c(-c4ccc(F)cc4)c3C)ncn2)c(C)c1O. The maximum atomic E-state index is 13.3. The minimum atomic E-state index is -0.282. The molecular formula is C20H20FN7O. The lowest BCUT2D eigenvalue weighted by atomic mass is 10.1. The Balaban J connectivity index is 1.68. The van der Waals surface area contributed by atoms with Crippen LogP contribution in [0.3, 0.4) is 0 Å². The Morgan fingerprint density at radius 3 is 2.41 bits per heavy atom. The highest BCUT2D eigenvalue weighted by molar-refractivity contribution is 5.71. The molecule has 0 unspecified atom stereocenters. The van der Waals surface area contributed by atoms with Crippen molar-refractivity contribution in [1.29, 1.82) is 0 Å². The molecule has 4 aromatic rings. The van der Waals surface area contributed by atoms with E-state index >= 15 is 0 Å². The Morgan fingerprint density at radius 1 is 1.03 bits per heavy atom. The smallest absolute Gasteiger partial charge is 0.160 e. The maximum absolute atomic E-state index is 13.3. The summed E-state index contributed by atoms with van der Waals surface area (Å²) in [7, 11) is 1.83. The summed E-state index contributed by atoms with van der Waals surface area (Å²) in [5, 5.41) is 22.1. The van der Waals surface area contributed by atoms with E-state index in [0.717, 1.165) is 16.8 Å². The van der Waals surface area contributed by atoms with Crippen LogP contribution in [0, 0.1) is 26.6 Å². The zero-order valence-corrected chi connectivity index (χ0v) is 16.5. The second kappa shape index (κ2) is 7.01. The summed E-state index contributed by atoms with van der Waals surface area (Å²) in [6.45, 7) is 5.44. The van der Waals surface area contributed by atoms with Crippen LogP contribution in [0.15, 0.2) is 36.7 Å². The molecule has 0 radical (unpaired) electrons. The third-order valence-electron chi connectivity index (χ3n) is 4.77. The molecule has 0 saturated heterocycles. The van der Waals surface area contributed by atoms with Gasteiger partial charge in [0.15, 0.2) is 17.4 Å². The van der Waals surface area contributed by atoms with Gasteiger partial charge in [-0.1, -0.05) is 0 Å². The van der Waals surface area contributed by atoms with E-state index in [1.165, 1.54) is 18.5 Å². The van der Waals surface area contributed by atoms with Crippen molar-refractivity contribution < 1.29 is 9.50 Å². The topological polar surface area (TPSA) is 93.7 Å². The number of aryl methyl sites for hydroxylation is 2. The molecule has 0 saturated carbocycles. The molecule has 1 aromatic carbocycles. The minimum absolute atomic E-state index is 0.141. The number of hydrogen-bond donors (Lipinski definition) is 2. The number of anilines is 2. The first-order chi connectivity index (χ1) is 13.8. The quantitative estimate of drug-likeness (QED) is 0.550. The second-order valence-electron chi connectivity index (χ2n) is 6.77. The normalized spacial score (nSPS) is 11.1. The van der Waals surface area contributed by atoms with E-state index < -0.39 is 0 Å². The molecule has 0 bridgehead atoms. The Bertz CT molecular complexity index is 1190. The number of benzene rings is 1. The highest BCUT2D eigenvalue weighted by Gasteiger charge is 2.16. The number of hydrogen-bond acceptors (Lipinski definition) is 6. The van der Waals surface area contributed by atoms with Crippen molar-refractivity contribution in [2.24, 2.45) is 7.05 Å². The Labute approximate surface area is 166 Å². The van der Waals surface area contributed by atoms with E-state index in [2.05, 4.69) is 25.5 Å². The van der Waals surface area contributed by atoms with Gasteiger partial charge in [-0.2, -0.15) is 10.2 Å². The van der Waals surface area contributed by atoms with Crippen LogP contribution in [0.1, 0.15) is 17.0 Å². The first kappa shape index (κ1) is 18.6. The largest absolute Gasteiger partial charge is 0.504 e. The summed E-state index contributed by atoms with van der Waals surface area (Å²) in [4.78, 5) is 8.50. The van der Waals surface area contributed by atoms with Crippen LogP contribution in [-0.2, 0) is 7.05 Å². The number of nitrogens with zero attached hydrogens (tertiary/aromatic N) is 6. The molecule has 29 heavy (non-hydrogen) atoms. The summed E-state index contributed by atoms with van der Waals surface area (Å²) in [5.74, 6) is 1.55. The van der Waals surface area contributed by atoms with Crippen molar-refractivity contribution in [3.8, 4) is 22.8 Å². The summed E-state index contributed by atoms with van der Waals surface area (Å²) in [5.41, 5.74) is 3.78. The average Bonchev–Trinajstić information content (AvgIpc) is 3.12. The van der Waals surface area contributed by atoms with Crippen molar-refractivity contribution in [1.82, 2.24) is 29.5 Å². The van der Waals surface area contributed by atoms with Crippen LogP contribution in [0.25, 0.3) is 17.1 Å². The fourth-order valence-corrected chi connectivity index (χ4v) is 3.27. The lowest BCUT2D eigenvalue weighted by molar-refractivity contribution is 0.466. The number of nitrogens with one attached hydrogen (secondary N) is 1. The van der Waals surface area contributed by atoms with Crippen LogP contribution in [0.5, 0.6) is 5.75 Å². The Morgan fingerprint density at radius 2 is 1.76 bits per heavy atom. The molecule has 8 nitrogen and oxygen atoms in total. The van der Waals surface area contributed by atoms with Crippen LogP contribution < -0.4 is 5.32 Å². The van der Waals surface area contributed by atoms with Gasteiger partial charge in [0.2, 0.25) is 0 Å². The van der Waals surface area contributed by atoms with E-state index in [9.17, 15) is 9.50 Å². The second-order valence-corrected chi connectivity index (χ2v) is 6.77. The van der Waals surface area contributed by atoms with Crippen LogP contribution in [0.2, 0.25) is 0 Å². The highest BCUT2D eigenvalue weighted by Crippen LogP contribution is 2.30. The van der Waals surface area contributed by atoms with E-state index in [0.29, 0.717) is 28.8 Å².